The predicted octanol–water partition coefficient (Wildman–Crippen LogP) is 2.48. The molecule has 0 aromatic carbocycles. The van der Waals surface area contributed by atoms with Crippen molar-refractivity contribution in [1.82, 2.24) is 5.32 Å². The molecule has 0 aromatic rings. The van der Waals surface area contributed by atoms with Crippen molar-refractivity contribution in [3.8, 4) is 143 Å². The monoisotopic (exact) mass is 834 g/mol. The predicted molar refractivity (Wildman–Crippen MR) is 235 cm³/mol. The molecule has 12 nitrogen and oxygen atoms in total. The summed E-state index contributed by atoms with van der Waals surface area (Å²) < 4.78 is 11.2. The number of ether oxygens (including phenoxy) is 2. The smallest absolute Gasteiger partial charge is 0.232 e. The zero-order valence-electron chi connectivity index (χ0n) is 34.8. The molecule has 0 spiro atoms. The van der Waals surface area contributed by atoms with Crippen molar-refractivity contribution in [1.29, 1.82) is 0 Å². The summed E-state index contributed by atoms with van der Waals surface area (Å²) in [7, 11) is 0. The van der Waals surface area contributed by atoms with Gasteiger partial charge < -0.3 is 40.3 Å². The van der Waals surface area contributed by atoms with Crippen molar-refractivity contribution in [3.63, 3.8) is 0 Å². The number of terminal acetylenes is 1. The zero-order chi connectivity index (χ0) is 45.3. The van der Waals surface area contributed by atoms with Gasteiger partial charge in [0.1, 0.15) is 24.4 Å². The van der Waals surface area contributed by atoms with E-state index in [2.05, 4.69) is 158 Å². The number of carbonyl (C=O) groups excluding carboxylic acids is 1. The van der Waals surface area contributed by atoms with E-state index in [1.54, 1.807) is 0 Å². The molecule has 1 saturated heterocycles. The fourth-order valence-corrected chi connectivity index (χ4v) is 5.44. The minimum Gasteiger partial charge on any atom is -0.390 e. The van der Waals surface area contributed by atoms with Gasteiger partial charge in [-0.15, -0.1) is 6.42 Å². The lowest BCUT2D eigenvalue weighted by atomic mass is 9.98. The highest BCUT2D eigenvalue weighted by atomic mass is 16.7. The molecular weight excluding hydrogens is 785 g/mol. The third-order valence-electron chi connectivity index (χ3n) is 8.60. The van der Waals surface area contributed by atoms with Crippen LogP contribution in [0.1, 0.15) is 96.8 Å². The van der Waals surface area contributed by atoms with Gasteiger partial charge in [-0.3, -0.25) is 4.79 Å². The summed E-state index contributed by atoms with van der Waals surface area (Å²) in [6.07, 6.45) is 8.14. The molecule has 0 radical (unpaired) electrons. The van der Waals surface area contributed by atoms with E-state index in [0.717, 1.165) is 25.7 Å². The van der Waals surface area contributed by atoms with Crippen LogP contribution in [-0.2, 0) is 14.3 Å². The summed E-state index contributed by atoms with van der Waals surface area (Å²) in [4.78, 5) is 15.5. The third kappa shape index (κ3) is 27.1. The molecule has 0 saturated carbocycles. The molecule has 8 atom stereocenters. The van der Waals surface area contributed by atoms with E-state index in [-0.39, 0.29) is 19.4 Å². The number of hydrogen-bond donors (Lipinski definition) is 6. The Morgan fingerprint density at radius 2 is 1.11 bits per heavy atom. The molecule has 62 heavy (non-hydrogen) atoms. The van der Waals surface area contributed by atoms with Crippen molar-refractivity contribution >= 4 is 5.91 Å². The normalized spacial score (nSPS) is 17.5. The van der Waals surface area contributed by atoms with Crippen LogP contribution < -0.4 is 5.32 Å². The van der Waals surface area contributed by atoms with Crippen LogP contribution in [-0.4, -0.2) is 93.5 Å². The summed E-state index contributed by atoms with van der Waals surface area (Å²) in [5.41, 5.74) is 8.66. The number of aliphatic hydroxyl groups excluding tert-OH is 5. The van der Waals surface area contributed by atoms with Crippen molar-refractivity contribution in [2.45, 2.75) is 146 Å². The van der Waals surface area contributed by atoms with Gasteiger partial charge >= 0.3 is 0 Å². The lowest BCUT2D eigenvalue weighted by molar-refractivity contribution is -0.296. The maximum absolute atomic E-state index is 12.8. The van der Waals surface area contributed by atoms with E-state index in [1.807, 2.05) is 0 Å². The first-order valence-electron chi connectivity index (χ1n) is 20.2. The molecular formula is C50H50N4O8. The quantitative estimate of drug-likeness (QED) is 0.0315. The molecule has 1 aliphatic rings. The van der Waals surface area contributed by atoms with Gasteiger partial charge in [0, 0.05) is 40.4 Å². The molecule has 1 fully saturated rings. The minimum absolute atomic E-state index is 0.265. The summed E-state index contributed by atoms with van der Waals surface area (Å²) in [5.74, 6) is 55.8. The van der Waals surface area contributed by atoms with E-state index < -0.39 is 61.5 Å². The van der Waals surface area contributed by atoms with Crippen LogP contribution in [0.3, 0.4) is 0 Å². The summed E-state index contributed by atoms with van der Waals surface area (Å²) in [6, 6.07) is -1.19. The number of nitrogens with zero attached hydrogens (tertiary/aromatic N) is 3. The van der Waals surface area contributed by atoms with Crippen molar-refractivity contribution < 1.29 is 39.8 Å². The summed E-state index contributed by atoms with van der Waals surface area (Å²) in [6.45, 7) is 1.39. The lowest BCUT2D eigenvalue weighted by Crippen LogP contribution is -2.60. The maximum Gasteiger partial charge on any atom is 0.232 e. The molecule has 2 unspecified atom stereocenters. The Balaban J connectivity index is 2.76. The molecule has 1 amide bonds. The van der Waals surface area contributed by atoms with Crippen LogP contribution in [0.4, 0.5) is 0 Å². The molecule has 0 bridgehead atoms. The minimum atomic E-state index is -1.71. The number of aliphatic hydroxyl groups is 5. The number of azide groups is 1. The number of carbonyl (C=O) groups is 1. The number of rotatable bonds is 22. The van der Waals surface area contributed by atoms with Crippen LogP contribution in [0, 0.1) is 143 Å². The van der Waals surface area contributed by atoms with Crippen LogP contribution in [0.5, 0.6) is 0 Å². The molecule has 1 rings (SSSR count). The first kappa shape index (κ1) is 53.2. The molecule has 12 heteroatoms. The highest BCUT2D eigenvalue weighted by Gasteiger charge is 2.44. The Kier molecular flexibility index (Phi) is 32.0. The van der Waals surface area contributed by atoms with Crippen LogP contribution in [0.25, 0.3) is 10.4 Å². The van der Waals surface area contributed by atoms with Gasteiger partial charge in [0.15, 0.2) is 6.29 Å². The Hall–Kier alpha value is -6.78. The van der Waals surface area contributed by atoms with E-state index in [1.165, 1.54) is 44.9 Å². The Morgan fingerprint density at radius 1 is 0.677 bits per heavy atom. The average Bonchev–Trinajstić information content (AvgIpc) is 3.27. The topological polar surface area (TPSA) is 197 Å². The molecule has 0 aliphatic carbocycles. The fraction of sp³-hybridized carbons (Fsp3) is 0.500. The molecule has 6 N–H and O–H groups in total. The Morgan fingerprint density at radius 3 is 1.56 bits per heavy atom. The van der Waals surface area contributed by atoms with E-state index >= 15 is 0 Å². The van der Waals surface area contributed by atoms with Gasteiger partial charge in [-0.1, -0.05) is 95.0 Å². The van der Waals surface area contributed by atoms with Crippen LogP contribution >= 0.6 is 0 Å². The number of unbranched alkanes of at least 4 members (excludes halogenated alkanes) is 11. The highest BCUT2D eigenvalue weighted by molar-refractivity contribution is 5.79. The third-order valence-corrected chi connectivity index (χ3v) is 8.60. The standard InChI is InChI=1S/C50H50N4O8/c1-3-5-7-9-11-13-15-17-18-19-20-21-22-23-24-25-26-27-29-31-33-35-37-39-45(56)53-42(41-61-50-49(60)48(59)47(58)44(62-50)40-52-54-51)46(57)43(55)38-36-34-32-30-28-16-14-12-10-8-6-4-2/h1,42-44,46-50,55,57-60H,4,6,8,10,12,14,16,28,30,32,34,36,38-41H2,2H3,(H,53,56)/t42-,43+,44?,46-,47-,48-,49?,50-/m0/s1. The van der Waals surface area contributed by atoms with E-state index in [9.17, 15) is 30.3 Å². The molecule has 318 valence electrons. The molecule has 1 heterocycles. The Labute approximate surface area is 367 Å². The van der Waals surface area contributed by atoms with Gasteiger partial charge in [0.2, 0.25) is 5.91 Å². The van der Waals surface area contributed by atoms with E-state index in [4.69, 9.17) is 21.4 Å². The van der Waals surface area contributed by atoms with E-state index in [0.29, 0.717) is 6.42 Å². The number of amides is 1. The number of nitrogens with one attached hydrogen (secondary N) is 1. The van der Waals surface area contributed by atoms with Gasteiger partial charge in [-0.05, 0) is 107 Å². The van der Waals surface area contributed by atoms with Gasteiger partial charge in [0.25, 0.3) is 0 Å². The molecule has 1 aliphatic heterocycles. The fourth-order valence-electron chi connectivity index (χ4n) is 5.44. The van der Waals surface area contributed by atoms with Crippen molar-refractivity contribution in [3.05, 3.63) is 10.4 Å². The summed E-state index contributed by atoms with van der Waals surface area (Å²) >= 11 is 0. The second kappa shape index (κ2) is 37.2. The highest BCUT2D eigenvalue weighted by Crippen LogP contribution is 2.23. The number of hydrogen-bond acceptors (Lipinski definition) is 9. The van der Waals surface area contributed by atoms with Crippen molar-refractivity contribution in [2.75, 3.05) is 13.2 Å². The zero-order valence-corrected chi connectivity index (χ0v) is 34.8. The average molecular weight is 835 g/mol. The second-order valence-corrected chi connectivity index (χ2v) is 13.3. The molecule has 0 aromatic heterocycles. The van der Waals surface area contributed by atoms with Crippen LogP contribution in [0.15, 0.2) is 5.11 Å². The summed E-state index contributed by atoms with van der Waals surface area (Å²) in [5, 5.41) is 58.9. The van der Waals surface area contributed by atoms with Gasteiger partial charge in [-0.2, -0.15) is 0 Å². The van der Waals surface area contributed by atoms with Crippen molar-refractivity contribution in [2.24, 2.45) is 5.11 Å². The first-order valence-corrected chi connectivity index (χ1v) is 20.2. The largest absolute Gasteiger partial charge is 0.390 e. The second-order valence-electron chi connectivity index (χ2n) is 13.3. The lowest BCUT2D eigenvalue weighted by Gasteiger charge is -2.40. The van der Waals surface area contributed by atoms with Gasteiger partial charge in [0.05, 0.1) is 37.8 Å². The maximum atomic E-state index is 12.8. The Bertz CT molecular complexity index is 2250. The van der Waals surface area contributed by atoms with Crippen LogP contribution in [0.2, 0.25) is 0 Å². The van der Waals surface area contributed by atoms with Gasteiger partial charge in [-0.25, -0.2) is 0 Å². The first-order chi connectivity index (χ1) is 30.3. The SMILES string of the molecule is C#CC#CC#CC#CC#CC#CC#CC#CC#CC#CC#CC#CCC(=O)N[C@@H](CO[C@H]1OC(CN=[N+]=[N-])[C@H](O)[C@H](O)C1O)[C@H](O)[C@H](O)CCCCCCCCCCCCCC.